The Labute approximate surface area is 325 Å². The predicted octanol–water partition coefficient (Wildman–Crippen LogP) is 15.5. The summed E-state index contributed by atoms with van der Waals surface area (Å²) >= 11 is 0. The van der Waals surface area contributed by atoms with Crippen molar-refractivity contribution in [1.29, 1.82) is 0 Å². The van der Waals surface area contributed by atoms with Gasteiger partial charge >= 0.3 is 0 Å². The zero-order chi connectivity index (χ0) is 37.0. The van der Waals surface area contributed by atoms with Crippen molar-refractivity contribution in [2.45, 2.75) is 0 Å². The van der Waals surface area contributed by atoms with Gasteiger partial charge in [-0.05, 0) is 91.0 Å². The third-order valence-corrected chi connectivity index (χ3v) is 11.3. The zero-order valence-corrected chi connectivity index (χ0v) is 30.6. The van der Waals surface area contributed by atoms with E-state index in [-0.39, 0.29) is 0 Å². The minimum absolute atomic E-state index is 0.907. The molecule has 0 saturated heterocycles. The molecule has 1 heterocycles. The number of furan rings is 1. The summed E-state index contributed by atoms with van der Waals surface area (Å²) < 4.78 is 6.42. The Morgan fingerprint density at radius 1 is 0.304 bits per heavy atom. The third-order valence-electron chi connectivity index (χ3n) is 11.3. The fraction of sp³-hybridized carbons (Fsp3) is 0. The van der Waals surface area contributed by atoms with Gasteiger partial charge in [-0.3, -0.25) is 0 Å². The summed E-state index contributed by atoms with van der Waals surface area (Å²) in [5, 5.41) is 9.92. The van der Waals surface area contributed by atoms with Gasteiger partial charge in [-0.25, -0.2) is 0 Å². The highest BCUT2D eigenvalue weighted by Gasteiger charge is 2.19. The molecule has 2 heteroatoms. The van der Waals surface area contributed by atoms with Crippen molar-refractivity contribution in [2.24, 2.45) is 0 Å². The number of benzene rings is 10. The van der Waals surface area contributed by atoms with Crippen LogP contribution in [0.3, 0.4) is 0 Å². The van der Waals surface area contributed by atoms with Crippen molar-refractivity contribution < 1.29 is 4.42 Å². The predicted molar refractivity (Wildman–Crippen MR) is 237 cm³/mol. The Morgan fingerprint density at radius 3 is 1.66 bits per heavy atom. The van der Waals surface area contributed by atoms with E-state index in [1.165, 1.54) is 54.6 Å². The Kier molecular flexibility index (Phi) is 7.53. The summed E-state index contributed by atoms with van der Waals surface area (Å²) in [6, 6.07) is 76.4. The van der Waals surface area contributed by atoms with Gasteiger partial charge in [-0.1, -0.05) is 176 Å². The summed E-state index contributed by atoms with van der Waals surface area (Å²) in [6.07, 6.45) is 0. The van der Waals surface area contributed by atoms with E-state index in [1.807, 2.05) is 12.1 Å². The molecule has 0 spiro atoms. The normalized spacial score (nSPS) is 11.6. The molecule has 11 aromatic rings. The van der Waals surface area contributed by atoms with Crippen LogP contribution in [0, 0.1) is 0 Å². The molecular weight excluding hydrogens is 679 g/mol. The fourth-order valence-corrected chi connectivity index (χ4v) is 8.63. The molecule has 0 aliphatic rings. The van der Waals surface area contributed by atoms with Crippen molar-refractivity contribution in [2.75, 3.05) is 4.90 Å². The molecule has 0 fully saturated rings. The maximum atomic E-state index is 6.42. The quantitative estimate of drug-likeness (QED) is 0.160. The van der Waals surface area contributed by atoms with Crippen molar-refractivity contribution >= 4 is 71.3 Å². The van der Waals surface area contributed by atoms with E-state index in [0.29, 0.717) is 0 Å². The van der Waals surface area contributed by atoms with Gasteiger partial charge < -0.3 is 9.32 Å². The van der Waals surface area contributed by atoms with Crippen LogP contribution in [-0.4, -0.2) is 0 Å². The molecule has 0 aliphatic carbocycles. The lowest BCUT2D eigenvalue weighted by atomic mass is 9.92. The first-order valence-electron chi connectivity index (χ1n) is 19.2. The Hall–Kier alpha value is -7.42. The fourth-order valence-electron chi connectivity index (χ4n) is 8.63. The van der Waals surface area contributed by atoms with E-state index in [0.717, 1.165) is 50.1 Å². The molecule has 10 aromatic carbocycles. The summed E-state index contributed by atoms with van der Waals surface area (Å²) in [5.41, 5.74) is 12.0. The van der Waals surface area contributed by atoms with Gasteiger partial charge in [0.05, 0.1) is 5.69 Å². The molecular formula is C54H35NO. The number of anilines is 3. The second-order valence-electron chi connectivity index (χ2n) is 14.4. The maximum absolute atomic E-state index is 6.42. The molecule has 0 amide bonds. The topological polar surface area (TPSA) is 16.4 Å². The lowest BCUT2D eigenvalue weighted by Gasteiger charge is -2.28. The number of rotatable bonds is 6. The molecule has 262 valence electrons. The van der Waals surface area contributed by atoms with Gasteiger partial charge in [-0.2, -0.15) is 0 Å². The van der Waals surface area contributed by atoms with Crippen LogP contribution in [0.15, 0.2) is 217 Å². The van der Waals surface area contributed by atoms with E-state index >= 15 is 0 Å². The lowest BCUT2D eigenvalue weighted by molar-refractivity contribution is 0.670. The highest BCUT2D eigenvalue weighted by Crippen LogP contribution is 2.44. The first-order chi connectivity index (χ1) is 27.8. The minimum Gasteiger partial charge on any atom is -0.455 e. The second-order valence-corrected chi connectivity index (χ2v) is 14.4. The molecule has 0 atom stereocenters. The molecule has 0 saturated carbocycles. The number of hydrogen-bond acceptors (Lipinski definition) is 2. The van der Waals surface area contributed by atoms with Crippen LogP contribution in [0.2, 0.25) is 0 Å². The van der Waals surface area contributed by atoms with Crippen LogP contribution in [-0.2, 0) is 0 Å². The Balaban J connectivity index is 1.04. The van der Waals surface area contributed by atoms with E-state index in [9.17, 15) is 0 Å². The van der Waals surface area contributed by atoms with E-state index in [4.69, 9.17) is 4.42 Å². The van der Waals surface area contributed by atoms with Gasteiger partial charge in [0.15, 0.2) is 0 Å². The standard InChI is InChI=1S/C54H35NO/c1-2-12-36(13-3-1)44-15-6-8-22-51(44)55(42-33-28-39(29-34-42)46-19-11-21-50-48-17-7-9-23-52(48)56-54(46)50)41-31-26-38(27-32-41)43-18-10-20-49-47(43)35-30-40-25-24-37-14-4-5-16-45(37)53(40)49/h1-35H. The average Bonchev–Trinajstić information content (AvgIpc) is 3.66. The monoisotopic (exact) mass is 713 g/mol. The SMILES string of the molecule is c1ccc(-c2ccccc2N(c2ccc(-c3cccc4c3ccc3ccc5ccccc5c34)cc2)c2ccc(-c3cccc4c3oc3ccccc34)cc2)cc1. The van der Waals surface area contributed by atoms with Crippen molar-refractivity contribution in [1.82, 2.24) is 0 Å². The maximum Gasteiger partial charge on any atom is 0.143 e. The van der Waals surface area contributed by atoms with Gasteiger partial charge in [0.1, 0.15) is 11.2 Å². The van der Waals surface area contributed by atoms with Crippen LogP contribution in [0.25, 0.3) is 87.6 Å². The second kappa shape index (κ2) is 13.2. The minimum atomic E-state index is 0.907. The Morgan fingerprint density at radius 2 is 0.857 bits per heavy atom. The molecule has 0 bridgehead atoms. The van der Waals surface area contributed by atoms with Crippen molar-refractivity contribution in [3.8, 4) is 33.4 Å². The first kappa shape index (κ1) is 32.0. The molecule has 0 aliphatic heterocycles. The summed E-state index contributed by atoms with van der Waals surface area (Å²) in [6.45, 7) is 0. The van der Waals surface area contributed by atoms with E-state index in [2.05, 4.69) is 205 Å². The summed E-state index contributed by atoms with van der Waals surface area (Å²) in [7, 11) is 0. The zero-order valence-electron chi connectivity index (χ0n) is 30.6. The smallest absolute Gasteiger partial charge is 0.143 e. The van der Waals surface area contributed by atoms with Gasteiger partial charge in [0.25, 0.3) is 0 Å². The van der Waals surface area contributed by atoms with Crippen molar-refractivity contribution in [3.63, 3.8) is 0 Å². The first-order valence-corrected chi connectivity index (χ1v) is 19.2. The van der Waals surface area contributed by atoms with Crippen LogP contribution >= 0.6 is 0 Å². The van der Waals surface area contributed by atoms with Gasteiger partial charge in [-0.15, -0.1) is 0 Å². The van der Waals surface area contributed by atoms with Crippen LogP contribution in [0.5, 0.6) is 0 Å². The molecule has 0 N–H and O–H groups in total. The number of nitrogens with zero attached hydrogens (tertiary/aromatic N) is 1. The lowest BCUT2D eigenvalue weighted by Crippen LogP contribution is -2.11. The van der Waals surface area contributed by atoms with Crippen LogP contribution in [0.1, 0.15) is 0 Å². The highest BCUT2D eigenvalue weighted by atomic mass is 16.3. The highest BCUT2D eigenvalue weighted by molar-refractivity contribution is 6.22. The summed E-state index contributed by atoms with van der Waals surface area (Å²) in [4.78, 5) is 2.38. The number of hydrogen-bond donors (Lipinski definition) is 0. The average molecular weight is 714 g/mol. The molecule has 1 aromatic heterocycles. The Bertz CT molecular complexity index is 3230. The molecule has 56 heavy (non-hydrogen) atoms. The molecule has 0 unspecified atom stereocenters. The summed E-state index contributed by atoms with van der Waals surface area (Å²) in [5.74, 6) is 0. The molecule has 2 nitrogen and oxygen atoms in total. The van der Waals surface area contributed by atoms with Crippen molar-refractivity contribution in [3.05, 3.63) is 212 Å². The van der Waals surface area contributed by atoms with Crippen LogP contribution < -0.4 is 4.90 Å². The number of fused-ring (bicyclic) bond motifs is 8. The van der Waals surface area contributed by atoms with Gasteiger partial charge in [0.2, 0.25) is 0 Å². The number of para-hydroxylation sites is 3. The van der Waals surface area contributed by atoms with E-state index in [1.54, 1.807) is 0 Å². The van der Waals surface area contributed by atoms with Gasteiger partial charge in [0, 0.05) is 33.3 Å². The largest absolute Gasteiger partial charge is 0.455 e. The molecule has 11 rings (SSSR count). The van der Waals surface area contributed by atoms with Crippen LogP contribution in [0.4, 0.5) is 17.1 Å². The third kappa shape index (κ3) is 5.26. The molecule has 0 radical (unpaired) electrons. The van der Waals surface area contributed by atoms with E-state index < -0.39 is 0 Å².